The van der Waals surface area contributed by atoms with E-state index in [0.717, 1.165) is 31.1 Å². The Labute approximate surface area is 134 Å². The van der Waals surface area contributed by atoms with Crippen LogP contribution in [0.2, 0.25) is 0 Å². The molecule has 3 heterocycles. The molecule has 2 aromatic rings. The lowest BCUT2D eigenvalue weighted by Gasteiger charge is -2.34. The molecule has 116 valence electrons. The van der Waals surface area contributed by atoms with Crippen molar-refractivity contribution in [3.63, 3.8) is 0 Å². The van der Waals surface area contributed by atoms with E-state index in [1.807, 2.05) is 17.4 Å². The lowest BCUT2D eigenvalue weighted by molar-refractivity contribution is 0.174. The van der Waals surface area contributed by atoms with Crippen LogP contribution in [-0.2, 0) is 6.54 Å². The summed E-state index contributed by atoms with van der Waals surface area (Å²) in [6.45, 7) is 3.50. The van der Waals surface area contributed by atoms with Gasteiger partial charge in [-0.3, -0.25) is 0 Å². The van der Waals surface area contributed by atoms with Crippen LogP contribution in [0, 0.1) is 0 Å². The number of hydrogen-bond acceptors (Lipinski definition) is 5. The summed E-state index contributed by atoms with van der Waals surface area (Å²) in [5, 5.41) is 5.81. The number of hydrogen-bond donors (Lipinski definition) is 1. The number of anilines is 1. The van der Waals surface area contributed by atoms with Crippen molar-refractivity contribution >= 4 is 17.0 Å². The van der Waals surface area contributed by atoms with Crippen LogP contribution in [0.25, 0.3) is 0 Å². The molecule has 1 N–H and O–H groups in total. The van der Waals surface area contributed by atoms with Crippen LogP contribution in [-0.4, -0.2) is 25.9 Å². The molecular formula is C17H20N2O2S. The van der Waals surface area contributed by atoms with Crippen molar-refractivity contribution in [2.75, 3.05) is 24.8 Å². The predicted molar refractivity (Wildman–Crippen MR) is 89.0 cm³/mol. The van der Waals surface area contributed by atoms with E-state index in [1.54, 1.807) is 0 Å². The molecule has 0 aliphatic carbocycles. The molecule has 2 aliphatic rings. The summed E-state index contributed by atoms with van der Waals surface area (Å²) in [5.74, 6) is 1.73. The third-order valence-corrected chi connectivity index (χ3v) is 5.24. The second-order valence-corrected chi connectivity index (χ2v) is 6.79. The van der Waals surface area contributed by atoms with Gasteiger partial charge in [0.15, 0.2) is 11.5 Å². The van der Waals surface area contributed by atoms with Crippen molar-refractivity contribution < 1.29 is 9.47 Å². The molecule has 0 bridgehead atoms. The van der Waals surface area contributed by atoms with Crippen LogP contribution < -0.4 is 19.7 Å². The van der Waals surface area contributed by atoms with Gasteiger partial charge in [0.25, 0.3) is 0 Å². The molecule has 2 aliphatic heterocycles. The lowest BCUT2D eigenvalue weighted by atomic mass is 10.0. The summed E-state index contributed by atoms with van der Waals surface area (Å²) in [7, 11) is 0. The minimum Gasteiger partial charge on any atom is -0.454 e. The molecule has 1 saturated heterocycles. The van der Waals surface area contributed by atoms with E-state index in [9.17, 15) is 0 Å². The second-order valence-electron chi connectivity index (χ2n) is 5.76. The van der Waals surface area contributed by atoms with E-state index in [2.05, 4.69) is 39.9 Å². The second kappa shape index (κ2) is 6.18. The van der Waals surface area contributed by atoms with E-state index >= 15 is 0 Å². The number of ether oxygens (including phenoxy) is 2. The van der Waals surface area contributed by atoms with Gasteiger partial charge in [-0.25, -0.2) is 0 Å². The van der Waals surface area contributed by atoms with Crippen molar-refractivity contribution in [2.45, 2.75) is 25.4 Å². The molecular weight excluding hydrogens is 296 g/mol. The monoisotopic (exact) mass is 316 g/mol. The summed E-state index contributed by atoms with van der Waals surface area (Å²) < 4.78 is 10.8. The van der Waals surface area contributed by atoms with Crippen molar-refractivity contribution in [3.05, 3.63) is 40.6 Å². The van der Waals surface area contributed by atoms with Crippen LogP contribution in [0.5, 0.6) is 11.5 Å². The maximum atomic E-state index is 5.47. The van der Waals surface area contributed by atoms with Crippen LogP contribution in [0.4, 0.5) is 5.69 Å². The Morgan fingerprint density at radius 3 is 2.82 bits per heavy atom. The smallest absolute Gasteiger partial charge is 0.231 e. The first-order valence-corrected chi connectivity index (χ1v) is 8.67. The van der Waals surface area contributed by atoms with Crippen LogP contribution in [0.1, 0.15) is 17.7 Å². The molecule has 1 aromatic carbocycles. The largest absolute Gasteiger partial charge is 0.454 e. The van der Waals surface area contributed by atoms with Gasteiger partial charge < -0.3 is 19.7 Å². The minimum absolute atomic E-state index is 0.341. The molecule has 0 saturated carbocycles. The van der Waals surface area contributed by atoms with E-state index in [0.29, 0.717) is 12.8 Å². The summed E-state index contributed by atoms with van der Waals surface area (Å²) in [6, 6.07) is 11.2. The Morgan fingerprint density at radius 2 is 2.00 bits per heavy atom. The van der Waals surface area contributed by atoms with Crippen molar-refractivity contribution in [1.29, 1.82) is 0 Å². The van der Waals surface area contributed by atoms with E-state index in [4.69, 9.17) is 9.47 Å². The molecule has 1 fully saturated rings. The van der Waals surface area contributed by atoms with Crippen LogP contribution in [0.15, 0.2) is 35.7 Å². The first kappa shape index (κ1) is 13.9. The number of piperidine rings is 1. The molecule has 0 amide bonds. The molecule has 5 heteroatoms. The maximum Gasteiger partial charge on any atom is 0.231 e. The number of thiophene rings is 1. The number of fused-ring (bicyclic) bond motifs is 1. The lowest BCUT2D eigenvalue weighted by Crippen LogP contribution is -2.42. The van der Waals surface area contributed by atoms with E-state index < -0.39 is 0 Å². The number of rotatable bonds is 4. The SMILES string of the molecule is c1csc(CNC2CCN(c3ccc4c(c3)OCO4)CC2)c1. The third kappa shape index (κ3) is 2.91. The Kier molecular flexibility index (Phi) is 3.91. The number of benzene rings is 1. The molecule has 0 atom stereocenters. The zero-order chi connectivity index (χ0) is 14.8. The first-order chi connectivity index (χ1) is 10.9. The van der Waals surface area contributed by atoms with Crippen molar-refractivity contribution in [2.24, 2.45) is 0 Å². The Morgan fingerprint density at radius 1 is 1.14 bits per heavy atom. The highest BCUT2D eigenvalue weighted by molar-refractivity contribution is 7.09. The Bertz CT molecular complexity index is 622. The van der Waals surface area contributed by atoms with E-state index in [1.165, 1.54) is 23.4 Å². The minimum atomic E-state index is 0.341. The van der Waals surface area contributed by atoms with Crippen molar-refractivity contribution in [1.82, 2.24) is 5.32 Å². The van der Waals surface area contributed by atoms with Crippen molar-refractivity contribution in [3.8, 4) is 11.5 Å². The first-order valence-electron chi connectivity index (χ1n) is 7.79. The highest BCUT2D eigenvalue weighted by Crippen LogP contribution is 2.36. The Hall–Kier alpha value is -1.72. The Balaban J connectivity index is 1.32. The van der Waals surface area contributed by atoms with Gasteiger partial charge in [0.1, 0.15) is 0 Å². The quantitative estimate of drug-likeness (QED) is 0.939. The summed E-state index contributed by atoms with van der Waals surface area (Å²) in [6.07, 6.45) is 2.36. The third-order valence-electron chi connectivity index (χ3n) is 4.36. The molecule has 4 nitrogen and oxygen atoms in total. The topological polar surface area (TPSA) is 33.7 Å². The summed E-state index contributed by atoms with van der Waals surface area (Å²) in [5.41, 5.74) is 1.24. The number of nitrogens with one attached hydrogen (secondary N) is 1. The number of nitrogens with zero attached hydrogens (tertiary/aromatic N) is 1. The van der Waals surface area contributed by atoms with Gasteiger partial charge in [0.2, 0.25) is 6.79 Å². The normalized spacial score (nSPS) is 17.9. The maximum absolute atomic E-state index is 5.47. The molecule has 0 unspecified atom stereocenters. The fraction of sp³-hybridized carbons (Fsp3) is 0.412. The van der Waals surface area contributed by atoms with Crippen LogP contribution in [0.3, 0.4) is 0 Å². The average molecular weight is 316 g/mol. The van der Waals surface area contributed by atoms with Gasteiger partial charge in [0, 0.05) is 42.3 Å². The molecule has 22 heavy (non-hydrogen) atoms. The van der Waals surface area contributed by atoms with Gasteiger partial charge in [-0.1, -0.05) is 6.07 Å². The van der Waals surface area contributed by atoms with Gasteiger partial charge in [-0.05, 0) is 36.4 Å². The van der Waals surface area contributed by atoms with Gasteiger partial charge in [-0.15, -0.1) is 11.3 Å². The fourth-order valence-electron chi connectivity index (χ4n) is 3.08. The molecule has 1 aromatic heterocycles. The molecule has 0 radical (unpaired) electrons. The molecule has 4 rings (SSSR count). The zero-order valence-electron chi connectivity index (χ0n) is 12.5. The zero-order valence-corrected chi connectivity index (χ0v) is 13.3. The standard InChI is InChI=1S/C17H20N2O2S/c1-2-15(22-9-1)11-18-13-5-7-19(8-6-13)14-3-4-16-17(10-14)21-12-20-16/h1-4,9-10,13,18H,5-8,11-12H2. The fourth-order valence-corrected chi connectivity index (χ4v) is 3.74. The highest BCUT2D eigenvalue weighted by Gasteiger charge is 2.21. The summed E-state index contributed by atoms with van der Waals surface area (Å²) in [4.78, 5) is 3.85. The summed E-state index contributed by atoms with van der Waals surface area (Å²) >= 11 is 1.82. The predicted octanol–water partition coefficient (Wildman–Crippen LogP) is 3.24. The molecule has 0 spiro atoms. The van der Waals surface area contributed by atoms with Gasteiger partial charge in [-0.2, -0.15) is 0 Å². The van der Waals surface area contributed by atoms with Gasteiger partial charge in [0.05, 0.1) is 0 Å². The average Bonchev–Trinajstić information content (AvgIpc) is 3.24. The van der Waals surface area contributed by atoms with Crippen LogP contribution >= 0.6 is 11.3 Å². The van der Waals surface area contributed by atoms with E-state index in [-0.39, 0.29) is 0 Å². The van der Waals surface area contributed by atoms with Gasteiger partial charge >= 0.3 is 0 Å². The highest BCUT2D eigenvalue weighted by atomic mass is 32.1.